The van der Waals surface area contributed by atoms with E-state index in [2.05, 4.69) is 26.0 Å². The maximum absolute atomic E-state index is 13.5. The van der Waals surface area contributed by atoms with E-state index in [4.69, 9.17) is 9.15 Å². The first-order valence-corrected chi connectivity index (χ1v) is 12.6. The molecule has 0 amide bonds. The zero-order chi connectivity index (χ0) is 27.0. The molecule has 192 valence electrons. The number of furan rings is 1. The van der Waals surface area contributed by atoms with Crippen LogP contribution in [0.3, 0.4) is 0 Å². The van der Waals surface area contributed by atoms with E-state index in [0.717, 1.165) is 10.1 Å². The Morgan fingerprint density at radius 1 is 1.13 bits per heavy atom. The van der Waals surface area contributed by atoms with Crippen LogP contribution in [0.1, 0.15) is 26.3 Å². The SMILES string of the molecule is CC(C)(C)COc1c(Br)cc(C=Nn2c(-c3cc4ccccc4o3)nc3ccccc3c2=O)cc1[N+](=O)[O-]. The van der Waals surface area contributed by atoms with E-state index in [1.165, 1.54) is 12.3 Å². The van der Waals surface area contributed by atoms with Gasteiger partial charge in [-0.25, -0.2) is 4.98 Å². The van der Waals surface area contributed by atoms with E-state index in [-0.39, 0.29) is 22.7 Å². The molecular formula is C28H23BrN4O5. The van der Waals surface area contributed by atoms with Gasteiger partial charge in [0.25, 0.3) is 5.56 Å². The van der Waals surface area contributed by atoms with Crippen LogP contribution in [0.2, 0.25) is 0 Å². The van der Waals surface area contributed by atoms with Crippen LogP contribution in [0.25, 0.3) is 33.5 Å². The van der Waals surface area contributed by atoms with E-state index in [0.29, 0.717) is 38.9 Å². The molecule has 0 N–H and O–H groups in total. The Hall–Kier alpha value is -4.31. The highest BCUT2D eigenvalue weighted by molar-refractivity contribution is 9.10. The highest BCUT2D eigenvalue weighted by Crippen LogP contribution is 2.37. The molecule has 0 bridgehead atoms. The average molecular weight is 575 g/mol. The van der Waals surface area contributed by atoms with Crippen molar-refractivity contribution in [1.82, 2.24) is 9.66 Å². The van der Waals surface area contributed by atoms with Gasteiger partial charge in [0.05, 0.1) is 33.1 Å². The second kappa shape index (κ2) is 9.86. The van der Waals surface area contributed by atoms with Crippen LogP contribution in [-0.2, 0) is 0 Å². The van der Waals surface area contributed by atoms with Crippen LogP contribution in [-0.4, -0.2) is 27.4 Å². The second-order valence-electron chi connectivity index (χ2n) is 9.92. The molecule has 38 heavy (non-hydrogen) atoms. The number of nitrogens with zero attached hydrogens (tertiary/aromatic N) is 4. The fourth-order valence-electron chi connectivity index (χ4n) is 3.85. The van der Waals surface area contributed by atoms with Crippen molar-refractivity contribution in [2.45, 2.75) is 20.8 Å². The van der Waals surface area contributed by atoms with Crippen molar-refractivity contribution in [3.63, 3.8) is 0 Å². The van der Waals surface area contributed by atoms with Crippen molar-refractivity contribution in [2.75, 3.05) is 6.61 Å². The number of ether oxygens (including phenoxy) is 1. The molecule has 0 saturated carbocycles. The summed E-state index contributed by atoms with van der Waals surface area (Å²) in [5.41, 5.74) is 0.726. The fraction of sp³-hybridized carbons (Fsp3) is 0.179. The summed E-state index contributed by atoms with van der Waals surface area (Å²) in [6.45, 7) is 6.22. The molecule has 5 rings (SSSR count). The van der Waals surface area contributed by atoms with Crippen LogP contribution >= 0.6 is 15.9 Å². The molecule has 3 aromatic carbocycles. The number of hydrogen-bond acceptors (Lipinski definition) is 7. The molecule has 0 spiro atoms. The van der Waals surface area contributed by atoms with Gasteiger partial charge in [0.1, 0.15) is 5.58 Å². The number of rotatable bonds is 6. The summed E-state index contributed by atoms with van der Waals surface area (Å²) in [5, 5.41) is 17.5. The number of para-hydroxylation sites is 2. The van der Waals surface area contributed by atoms with Gasteiger partial charge in [0.2, 0.25) is 11.6 Å². The molecule has 5 aromatic rings. The topological polar surface area (TPSA) is 113 Å². The highest BCUT2D eigenvalue weighted by Gasteiger charge is 2.23. The number of nitro benzene ring substituents is 1. The summed E-state index contributed by atoms with van der Waals surface area (Å²) in [6, 6.07) is 19.2. The Morgan fingerprint density at radius 2 is 1.87 bits per heavy atom. The maximum Gasteiger partial charge on any atom is 0.312 e. The summed E-state index contributed by atoms with van der Waals surface area (Å²) in [5.74, 6) is 0.707. The molecule has 0 atom stereocenters. The number of nitro groups is 1. The Bertz CT molecular complexity index is 1750. The number of halogens is 1. The largest absolute Gasteiger partial charge is 0.485 e. The fourth-order valence-corrected chi connectivity index (χ4v) is 4.43. The predicted molar refractivity (Wildman–Crippen MR) is 150 cm³/mol. The monoisotopic (exact) mass is 574 g/mol. The summed E-state index contributed by atoms with van der Waals surface area (Å²) in [7, 11) is 0. The minimum absolute atomic E-state index is 0.134. The third-order valence-electron chi connectivity index (χ3n) is 5.61. The summed E-state index contributed by atoms with van der Waals surface area (Å²) in [4.78, 5) is 29.4. The van der Waals surface area contributed by atoms with E-state index in [1.54, 1.807) is 36.4 Å². The molecule has 9 nitrogen and oxygen atoms in total. The molecule has 2 heterocycles. The van der Waals surface area contributed by atoms with Gasteiger partial charge >= 0.3 is 5.69 Å². The number of fused-ring (bicyclic) bond motifs is 2. The van der Waals surface area contributed by atoms with Crippen LogP contribution in [0.4, 0.5) is 5.69 Å². The van der Waals surface area contributed by atoms with Crippen LogP contribution in [0.5, 0.6) is 5.75 Å². The standard InChI is InChI=1S/C28H23BrN4O5/c1-28(2,3)16-37-25-20(29)12-17(13-22(25)33(35)36)15-30-32-26(24-14-18-8-4-7-11-23(18)38-24)31-21-10-6-5-9-19(21)27(32)34/h4-15H,16H2,1-3H3. The van der Waals surface area contributed by atoms with Crippen molar-refractivity contribution >= 4 is 49.7 Å². The van der Waals surface area contributed by atoms with Crippen molar-refractivity contribution < 1.29 is 14.1 Å². The van der Waals surface area contributed by atoms with Crippen molar-refractivity contribution in [2.24, 2.45) is 10.5 Å². The molecule has 0 radical (unpaired) electrons. The summed E-state index contributed by atoms with van der Waals surface area (Å²) >= 11 is 3.39. The summed E-state index contributed by atoms with van der Waals surface area (Å²) in [6.07, 6.45) is 1.37. The first-order chi connectivity index (χ1) is 18.1. The molecule has 0 saturated heterocycles. The molecule has 0 unspecified atom stereocenters. The minimum atomic E-state index is -0.510. The Morgan fingerprint density at radius 3 is 2.61 bits per heavy atom. The molecule has 10 heteroatoms. The minimum Gasteiger partial charge on any atom is -0.485 e. The first-order valence-electron chi connectivity index (χ1n) is 11.8. The Balaban J connectivity index is 1.63. The second-order valence-corrected chi connectivity index (χ2v) is 10.8. The molecule has 0 aliphatic rings. The number of aromatic nitrogens is 2. The third-order valence-corrected chi connectivity index (χ3v) is 6.20. The van der Waals surface area contributed by atoms with E-state index in [9.17, 15) is 14.9 Å². The average Bonchev–Trinajstić information content (AvgIpc) is 3.30. The van der Waals surface area contributed by atoms with Crippen molar-refractivity contribution in [3.8, 4) is 17.3 Å². The normalized spacial score (nSPS) is 12.0. The van der Waals surface area contributed by atoms with Crippen molar-refractivity contribution in [1.29, 1.82) is 0 Å². The molecule has 0 aliphatic heterocycles. The van der Waals surface area contributed by atoms with Gasteiger partial charge in [-0.3, -0.25) is 14.9 Å². The zero-order valence-corrected chi connectivity index (χ0v) is 22.4. The number of benzene rings is 3. The van der Waals surface area contributed by atoms with Crippen LogP contribution in [0.15, 0.2) is 85.5 Å². The quantitative estimate of drug-likeness (QED) is 0.125. The molecule has 0 fully saturated rings. The summed E-state index contributed by atoms with van der Waals surface area (Å²) < 4.78 is 13.3. The lowest BCUT2D eigenvalue weighted by Crippen LogP contribution is -2.20. The Labute approximate surface area is 225 Å². The van der Waals surface area contributed by atoms with Gasteiger partial charge in [-0.2, -0.15) is 9.78 Å². The lowest BCUT2D eigenvalue weighted by molar-refractivity contribution is -0.386. The third kappa shape index (κ3) is 5.08. The predicted octanol–water partition coefficient (Wildman–Crippen LogP) is 6.79. The Kier molecular flexibility index (Phi) is 6.58. The van der Waals surface area contributed by atoms with Crippen LogP contribution in [0, 0.1) is 15.5 Å². The van der Waals surface area contributed by atoms with Crippen LogP contribution < -0.4 is 10.3 Å². The lowest BCUT2D eigenvalue weighted by atomic mass is 9.99. The zero-order valence-electron chi connectivity index (χ0n) is 20.8. The smallest absolute Gasteiger partial charge is 0.312 e. The van der Waals surface area contributed by atoms with Gasteiger partial charge in [-0.15, -0.1) is 0 Å². The van der Waals surface area contributed by atoms with Gasteiger partial charge < -0.3 is 9.15 Å². The maximum atomic E-state index is 13.5. The van der Waals surface area contributed by atoms with Gasteiger partial charge in [0.15, 0.2) is 5.76 Å². The van der Waals surface area contributed by atoms with E-state index >= 15 is 0 Å². The highest BCUT2D eigenvalue weighted by atomic mass is 79.9. The van der Waals surface area contributed by atoms with E-state index < -0.39 is 10.5 Å². The van der Waals surface area contributed by atoms with E-state index in [1.807, 2.05) is 45.0 Å². The van der Waals surface area contributed by atoms with Gasteiger partial charge in [-0.1, -0.05) is 51.1 Å². The molecule has 0 aliphatic carbocycles. The molecular weight excluding hydrogens is 552 g/mol. The lowest BCUT2D eigenvalue weighted by Gasteiger charge is -2.19. The van der Waals surface area contributed by atoms with Gasteiger partial charge in [0, 0.05) is 17.0 Å². The van der Waals surface area contributed by atoms with Gasteiger partial charge in [-0.05, 0) is 51.7 Å². The first kappa shape index (κ1) is 25.3. The molecule has 2 aromatic heterocycles. The van der Waals surface area contributed by atoms with Crippen molar-refractivity contribution in [3.05, 3.63) is 97.2 Å². The number of hydrogen-bond donors (Lipinski definition) is 0.